The highest BCUT2D eigenvalue weighted by atomic mass is 16.3. The molecule has 0 aliphatic rings. The third kappa shape index (κ3) is 6.02. The van der Waals surface area contributed by atoms with Gasteiger partial charge in [-0.15, -0.1) is 0 Å². The van der Waals surface area contributed by atoms with Crippen molar-refractivity contribution in [3.8, 4) is 0 Å². The van der Waals surface area contributed by atoms with Crippen LogP contribution in [0.25, 0.3) is 0 Å². The first-order chi connectivity index (χ1) is 5.91. The Bertz CT molecular complexity index is 120. The van der Waals surface area contributed by atoms with E-state index in [0.29, 0.717) is 12.8 Å². The maximum atomic E-state index is 9.69. The van der Waals surface area contributed by atoms with Gasteiger partial charge in [0.05, 0.1) is 17.8 Å². The van der Waals surface area contributed by atoms with Gasteiger partial charge in [0.1, 0.15) is 0 Å². The van der Waals surface area contributed by atoms with Crippen LogP contribution in [0, 0.1) is 6.92 Å². The summed E-state index contributed by atoms with van der Waals surface area (Å²) in [5.74, 6) is 0. The molecule has 0 heterocycles. The third-order valence-electron chi connectivity index (χ3n) is 2.17. The second-order valence-corrected chi connectivity index (χ2v) is 3.76. The van der Waals surface area contributed by atoms with E-state index in [1.165, 1.54) is 0 Å². The van der Waals surface area contributed by atoms with Gasteiger partial charge in [0.25, 0.3) is 0 Å². The predicted molar refractivity (Wildman–Crippen MR) is 52.1 cm³/mol. The van der Waals surface area contributed by atoms with E-state index in [0.717, 1.165) is 0 Å². The highest BCUT2D eigenvalue weighted by Gasteiger charge is 2.26. The first-order valence-electron chi connectivity index (χ1n) is 4.85. The van der Waals surface area contributed by atoms with Gasteiger partial charge in [0, 0.05) is 12.8 Å². The molecular formula is C10H21O3. The Kier molecular flexibility index (Phi) is 5.53. The molecule has 3 nitrogen and oxygen atoms in total. The van der Waals surface area contributed by atoms with E-state index in [1.807, 2.05) is 13.8 Å². The molecule has 0 saturated carbocycles. The minimum Gasteiger partial charge on any atom is -0.393 e. The van der Waals surface area contributed by atoms with Crippen molar-refractivity contribution in [3.05, 3.63) is 6.92 Å². The fourth-order valence-corrected chi connectivity index (χ4v) is 1.25. The van der Waals surface area contributed by atoms with Crippen LogP contribution in [0.4, 0.5) is 0 Å². The zero-order valence-corrected chi connectivity index (χ0v) is 8.53. The van der Waals surface area contributed by atoms with Crippen molar-refractivity contribution in [2.24, 2.45) is 0 Å². The average Bonchev–Trinajstić information content (AvgIpc) is 2.02. The van der Waals surface area contributed by atoms with Crippen LogP contribution in [0.3, 0.4) is 0 Å². The highest BCUT2D eigenvalue weighted by Crippen LogP contribution is 2.20. The quantitative estimate of drug-likeness (QED) is 0.581. The van der Waals surface area contributed by atoms with E-state index in [9.17, 15) is 15.3 Å². The zero-order valence-electron chi connectivity index (χ0n) is 8.53. The molecule has 0 aliphatic carbocycles. The summed E-state index contributed by atoms with van der Waals surface area (Å²) in [5, 5.41) is 28.3. The van der Waals surface area contributed by atoms with Gasteiger partial charge in [-0.05, 0) is 19.8 Å². The number of rotatable bonds is 6. The van der Waals surface area contributed by atoms with Crippen molar-refractivity contribution >= 4 is 0 Å². The number of hydrogen-bond donors (Lipinski definition) is 3. The van der Waals surface area contributed by atoms with E-state index in [1.54, 1.807) is 0 Å². The molecule has 0 amide bonds. The smallest absolute Gasteiger partial charge is 0.0698 e. The summed E-state index contributed by atoms with van der Waals surface area (Å²) in [6, 6.07) is 0. The normalized spacial score (nSPS) is 20.8. The van der Waals surface area contributed by atoms with Crippen LogP contribution >= 0.6 is 0 Å². The molecule has 0 rings (SSSR count). The number of hydrogen-bond acceptors (Lipinski definition) is 3. The van der Waals surface area contributed by atoms with Crippen molar-refractivity contribution in [2.45, 2.75) is 57.3 Å². The van der Waals surface area contributed by atoms with E-state index in [2.05, 4.69) is 6.92 Å². The van der Waals surface area contributed by atoms with Crippen molar-refractivity contribution in [1.82, 2.24) is 0 Å². The zero-order chi connectivity index (χ0) is 10.5. The van der Waals surface area contributed by atoms with Gasteiger partial charge in [-0.1, -0.05) is 13.8 Å². The molecule has 0 aromatic carbocycles. The Morgan fingerprint density at radius 1 is 1.08 bits per heavy atom. The molecule has 0 aromatic heterocycles. The molecule has 0 aliphatic heterocycles. The molecule has 3 heteroatoms. The van der Waals surface area contributed by atoms with Gasteiger partial charge in [0.15, 0.2) is 0 Å². The van der Waals surface area contributed by atoms with Crippen LogP contribution in [0.15, 0.2) is 0 Å². The first kappa shape index (κ1) is 12.9. The lowest BCUT2D eigenvalue weighted by molar-refractivity contribution is -0.0147. The maximum absolute atomic E-state index is 9.69. The van der Waals surface area contributed by atoms with E-state index in [4.69, 9.17) is 0 Å². The van der Waals surface area contributed by atoms with Gasteiger partial charge < -0.3 is 15.3 Å². The van der Waals surface area contributed by atoms with Gasteiger partial charge in [0.2, 0.25) is 0 Å². The van der Waals surface area contributed by atoms with Crippen LogP contribution in [-0.2, 0) is 0 Å². The standard InChI is InChI=1S/C10H21O3/c1-4-8(11)6-10(3,13)7-9(12)5-2/h8-9,11-13H,3-7H2,1-2H3. The van der Waals surface area contributed by atoms with E-state index >= 15 is 0 Å². The fourth-order valence-electron chi connectivity index (χ4n) is 1.25. The molecule has 0 saturated heterocycles. The SMILES string of the molecule is [CH2]C(O)(CC(O)CC)CC(O)CC. The van der Waals surface area contributed by atoms with Crippen LogP contribution in [0.1, 0.15) is 39.5 Å². The average molecular weight is 189 g/mol. The minimum atomic E-state index is -1.20. The molecule has 0 fully saturated rings. The number of aliphatic hydroxyl groups excluding tert-OH is 2. The Labute approximate surface area is 80.4 Å². The first-order valence-corrected chi connectivity index (χ1v) is 4.85. The Morgan fingerprint density at radius 2 is 1.38 bits per heavy atom. The van der Waals surface area contributed by atoms with Crippen molar-refractivity contribution < 1.29 is 15.3 Å². The Morgan fingerprint density at radius 3 is 1.62 bits per heavy atom. The molecule has 0 aromatic rings. The molecule has 2 unspecified atom stereocenters. The molecule has 79 valence electrons. The minimum absolute atomic E-state index is 0.223. The summed E-state index contributed by atoms with van der Waals surface area (Å²) in [5.41, 5.74) is -1.20. The lowest BCUT2D eigenvalue weighted by Gasteiger charge is -2.27. The summed E-state index contributed by atoms with van der Waals surface area (Å²) in [7, 11) is 0. The Hall–Kier alpha value is -0.120. The summed E-state index contributed by atoms with van der Waals surface area (Å²) >= 11 is 0. The highest BCUT2D eigenvalue weighted by molar-refractivity contribution is 4.85. The molecule has 13 heavy (non-hydrogen) atoms. The molecule has 0 spiro atoms. The van der Waals surface area contributed by atoms with Gasteiger partial charge in [-0.3, -0.25) is 0 Å². The summed E-state index contributed by atoms with van der Waals surface area (Å²) in [6.07, 6.45) is 0.569. The lowest BCUT2D eigenvalue weighted by atomic mass is 9.90. The second kappa shape index (κ2) is 5.58. The van der Waals surface area contributed by atoms with Crippen LogP contribution < -0.4 is 0 Å². The fraction of sp³-hybridized carbons (Fsp3) is 0.900. The molecule has 0 bridgehead atoms. The van der Waals surface area contributed by atoms with Crippen LogP contribution in [-0.4, -0.2) is 33.1 Å². The third-order valence-corrected chi connectivity index (χ3v) is 2.17. The predicted octanol–water partition coefficient (Wildman–Crippen LogP) is 0.874. The molecular weight excluding hydrogens is 168 g/mol. The Balaban J connectivity index is 3.92. The molecule has 3 N–H and O–H groups in total. The summed E-state index contributed by atoms with van der Waals surface area (Å²) < 4.78 is 0. The van der Waals surface area contributed by atoms with Crippen molar-refractivity contribution in [1.29, 1.82) is 0 Å². The van der Waals surface area contributed by atoms with Crippen LogP contribution in [0.2, 0.25) is 0 Å². The maximum Gasteiger partial charge on any atom is 0.0698 e. The summed E-state index contributed by atoms with van der Waals surface area (Å²) in [6.45, 7) is 7.27. The lowest BCUT2D eigenvalue weighted by Crippen LogP contribution is -2.34. The van der Waals surface area contributed by atoms with Gasteiger partial charge >= 0.3 is 0 Å². The van der Waals surface area contributed by atoms with Crippen molar-refractivity contribution in [2.75, 3.05) is 0 Å². The summed E-state index contributed by atoms with van der Waals surface area (Å²) in [4.78, 5) is 0. The largest absolute Gasteiger partial charge is 0.393 e. The van der Waals surface area contributed by atoms with E-state index < -0.39 is 17.8 Å². The van der Waals surface area contributed by atoms with Gasteiger partial charge in [-0.25, -0.2) is 0 Å². The monoisotopic (exact) mass is 189 g/mol. The second-order valence-electron chi connectivity index (χ2n) is 3.76. The topological polar surface area (TPSA) is 60.7 Å². The molecule has 1 radical (unpaired) electrons. The number of aliphatic hydroxyl groups is 3. The molecule has 2 atom stereocenters. The van der Waals surface area contributed by atoms with Gasteiger partial charge in [-0.2, -0.15) is 0 Å². The van der Waals surface area contributed by atoms with Crippen molar-refractivity contribution in [3.63, 3.8) is 0 Å². The van der Waals surface area contributed by atoms with Crippen LogP contribution in [0.5, 0.6) is 0 Å². The van der Waals surface area contributed by atoms with E-state index in [-0.39, 0.29) is 12.8 Å².